The summed E-state index contributed by atoms with van der Waals surface area (Å²) in [5, 5.41) is 3.28. The van der Waals surface area contributed by atoms with Gasteiger partial charge in [-0.3, -0.25) is 0 Å². The molecule has 1 saturated heterocycles. The zero-order valence-corrected chi connectivity index (χ0v) is 13.2. The predicted molar refractivity (Wildman–Crippen MR) is 81.4 cm³/mol. The molecule has 0 bridgehead atoms. The molecule has 1 aromatic rings. The zero-order valence-electron chi connectivity index (χ0n) is 13.2. The summed E-state index contributed by atoms with van der Waals surface area (Å²) >= 11 is 0. The lowest BCUT2D eigenvalue weighted by atomic mass is 9.90. The molecular weight excluding hydrogens is 252 g/mol. The number of nitrogens with one attached hydrogen (secondary N) is 1. The minimum atomic E-state index is 0.130. The van der Waals surface area contributed by atoms with Gasteiger partial charge >= 0.3 is 0 Å². The van der Waals surface area contributed by atoms with Crippen LogP contribution in [0.1, 0.15) is 32.9 Å². The maximum Gasteiger partial charge on any atom is 0.228 e. The van der Waals surface area contributed by atoms with Crippen molar-refractivity contribution >= 4 is 5.95 Å². The van der Waals surface area contributed by atoms with Gasteiger partial charge < -0.3 is 15.0 Å². The number of aromatic nitrogens is 2. The Bertz CT molecular complexity index is 463. The average Bonchev–Trinajstić information content (AvgIpc) is 2.70. The van der Waals surface area contributed by atoms with Gasteiger partial charge in [0.25, 0.3) is 0 Å². The van der Waals surface area contributed by atoms with E-state index in [1.54, 1.807) is 0 Å². The number of hydrogen-bond acceptors (Lipinski definition) is 5. The Hall–Kier alpha value is -1.36. The lowest BCUT2D eigenvalue weighted by Gasteiger charge is -2.24. The number of nitrogens with zero attached hydrogens (tertiary/aromatic N) is 3. The van der Waals surface area contributed by atoms with Gasteiger partial charge in [0, 0.05) is 31.4 Å². The van der Waals surface area contributed by atoms with Crippen LogP contribution in [0.15, 0.2) is 6.07 Å². The van der Waals surface area contributed by atoms with E-state index in [9.17, 15) is 0 Å². The van der Waals surface area contributed by atoms with E-state index in [1.807, 2.05) is 33.9 Å². The molecular formula is C15H26N4O. The summed E-state index contributed by atoms with van der Waals surface area (Å²) in [6.45, 7) is 11.3. The van der Waals surface area contributed by atoms with Crippen molar-refractivity contribution in [1.82, 2.24) is 15.3 Å². The van der Waals surface area contributed by atoms with Gasteiger partial charge in [-0.1, -0.05) is 6.92 Å². The molecule has 20 heavy (non-hydrogen) atoms. The molecule has 2 heterocycles. The Morgan fingerprint density at radius 1 is 1.45 bits per heavy atom. The molecule has 0 spiro atoms. The zero-order chi connectivity index (χ0) is 14.8. The molecule has 1 fully saturated rings. The summed E-state index contributed by atoms with van der Waals surface area (Å²) in [5.74, 6) is 1.46. The molecule has 0 aliphatic carbocycles. The Balaban J connectivity index is 2.15. The fourth-order valence-corrected chi connectivity index (χ4v) is 2.73. The smallest absolute Gasteiger partial charge is 0.228 e. The van der Waals surface area contributed by atoms with Crippen molar-refractivity contribution in [2.45, 2.75) is 40.2 Å². The second-order valence-electron chi connectivity index (χ2n) is 6.33. The average molecular weight is 278 g/mol. The van der Waals surface area contributed by atoms with E-state index < -0.39 is 0 Å². The molecule has 1 aliphatic heterocycles. The van der Waals surface area contributed by atoms with Crippen molar-refractivity contribution in [2.75, 3.05) is 31.6 Å². The van der Waals surface area contributed by atoms with Gasteiger partial charge in [0.2, 0.25) is 11.8 Å². The first-order chi connectivity index (χ1) is 9.42. The van der Waals surface area contributed by atoms with E-state index in [-0.39, 0.29) is 6.10 Å². The molecule has 5 nitrogen and oxygen atoms in total. The largest absolute Gasteiger partial charge is 0.475 e. The molecule has 0 saturated carbocycles. The normalized spacial score (nSPS) is 22.6. The Morgan fingerprint density at radius 2 is 2.20 bits per heavy atom. The molecule has 0 aromatic carbocycles. The number of aryl methyl sites for hydroxylation is 1. The first-order valence-corrected chi connectivity index (χ1v) is 7.34. The van der Waals surface area contributed by atoms with E-state index in [2.05, 4.69) is 27.1 Å². The highest BCUT2D eigenvalue weighted by molar-refractivity contribution is 5.36. The van der Waals surface area contributed by atoms with Crippen molar-refractivity contribution in [3.05, 3.63) is 11.8 Å². The van der Waals surface area contributed by atoms with Gasteiger partial charge in [0.1, 0.15) is 0 Å². The molecule has 1 unspecified atom stereocenters. The molecule has 1 atom stereocenters. The van der Waals surface area contributed by atoms with Crippen molar-refractivity contribution in [3.8, 4) is 5.88 Å². The minimum absolute atomic E-state index is 0.130. The predicted octanol–water partition coefficient (Wildman–Crippen LogP) is 2.01. The van der Waals surface area contributed by atoms with Crippen molar-refractivity contribution in [3.63, 3.8) is 0 Å². The summed E-state index contributed by atoms with van der Waals surface area (Å²) in [7, 11) is 2.01. The fourth-order valence-electron chi connectivity index (χ4n) is 2.73. The topological polar surface area (TPSA) is 50.3 Å². The first-order valence-electron chi connectivity index (χ1n) is 7.34. The van der Waals surface area contributed by atoms with Gasteiger partial charge in [-0.15, -0.1) is 0 Å². The third kappa shape index (κ3) is 3.60. The summed E-state index contributed by atoms with van der Waals surface area (Å²) in [6, 6.07) is 1.90. The van der Waals surface area contributed by atoms with Gasteiger partial charge in [0.15, 0.2) is 0 Å². The number of anilines is 1. The van der Waals surface area contributed by atoms with E-state index in [4.69, 9.17) is 4.74 Å². The number of rotatable bonds is 5. The third-order valence-electron chi connectivity index (χ3n) is 3.62. The van der Waals surface area contributed by atoms with Crippen LogP contribution in [0.2, 0.25) is 0 Å². The van der Waals surface area contributed by atoms with Gasteiger partial charge in [-0.2, -0.15) is 4.98 Å². The van der Waals surface area contributed by atoms with Crippen LogP contribution in [-0.4, -0.2) is 42.8 Å². The number of ether oxygens (including phenoxy) is 1. The molecule has 5 heteroatoms. The summed E-state index contributed by atoms with van der Waals surface area (Å²) in [5.41, 5.74) is 1.24. The van der Waals surface area contributed by atoms with Crippen LogP contribution < -0.4 is 15.0 Å². The van der Waals surface area contributed by atoms with Crippen molar-refractivity contribution < 1.29 is 4.74 Å². The Kier molecular flexibility index (Phi) is 4.48. The monoisotopic (exact) mass is 278 g/mol. The Morgan fingerprint density at radius 3 is 2.85 bits per heavy atom. The lowest BCUT2D eigenvalue weighted by Crippen LogP contribution is -2.33. The summed E-state index contributed by atoms with van der Waals surface area (Å²) in [6.07, 6.45) is 1.29. The third-order valence-corrected chi connectivity index (χ3v) is 3.62. The second-order valence-corrected chi connectivity index (χ2v) is 6.33. The standard InChI is InChI=1S/C15H26N4O/c1-11(2)20-13-8-12(3)17-14(18-13)19-7-6-15(4,10-19)9-16-5/h8,11,16H,6-7,9-10H2,1-5H3. The van der Waals surface area contributed by atoms with E-state index >= 15 is 0 Å². The highest BCUT2D eigenvalue weighted by Crippen LogP contribution is 2.31. The van der Waals surface area contributed by atoms with Gasteiger partial charge in [0.05, 0.1) is 6.10 Å². The summed E-state index contributed by atoms with van der Waals surface area (Å²) < 4.78 is 5.70. The molecule has 0 radical (unpaired) electrons. The first kappa shape index (κ1) is 15.0. The minimum Gasteiger partial charge on any atom is -0.475 e. The highest BCUT2D eigenvalue weighted by Gasteiger charge is 2.34. The Labute approximate surface area is 121 Å². The molecule has 112 valence electrons. The van der Waals surface area contributed by atoms with Crippen molar-refractivity contribution in [1.29, 1.82) is 0 Å². The van der Waals surface area contributed by atoms with Crippen molar-refractivity contribution in [2.24, 2.45) is 5.41 Å². The maximum atomic E-state index is 5.70. The molecule has 1 aliphatic rings. The van der Waals surface area contributed by atoms with E-state index in [1.165, 1.54) is 0 Å². The summed E-state index contributed by atoms with van der Waals surface area (Å²) in [4.78, 5) is 11.4. The molecule has 1 aromatic heterocycles. The van der Waals surface area contributed by atoms with Crippen LogP contribution in [0.3, 0.4) is 0 Å². The SMILES string of the molecule is CNCC1(C)CCN(c2nc(C)cc(OC(C)C)n2)C1. The number of hydrogen-bond donors (Lipinski definition) is 1. The van der Waals surface area contributed by atoms with Gasteiger partial charge in [-0.05, 0) is 39.7 Å². The van der Waals surface area contributed by atoms with E-state index in [0.29, 0.717) is 11.3 Å². The van der Waals surface area contributed by atoms with Crippen LogP contribution in [0.5, 0.6) is 5.88 Å². The van der Waals surface area contributed by atoms with Crippen LogP contribution in [0.25, 0.3) is 0 Å². The van der Waals surface area contributed by atoms with E-state index in [0.717, 1.165) is 37.7 Å². The molecule has 2 rings (SSSR count). The second kappa shape index (κ2) is 5.95. The fraction of sp³-hybridized carbons (Fsp3) is 0.733. The van der Waals surface area contributed by atoms with Crippen LogP contribution in [0.4, 0.5) is 5.95 Å². The highest BCUT2D eigenvalue weighted by atomic mass is 16.5. The van der Waals surface area contributed by atoms with Crippen LogP contribution in [-0.2, 0) is 0 Å². The lowest BCUT2D eigenvalue weighted by molar-refractivity contribution is 0.232. The van der Waals surface area contributed by atoms with Gasteiger partial charge in [-0.25, -0.2) is 4.98 Å². The maximum absolute atomic E-state index is 5.70. The van der Waals surface area contributed by atoms with Crippen LogP contribution in [0, 0.1) is 12.3 Å². The molecule has 1 N–H and O–H groups in total. The quantitative estimate of drug-likeness (QED) is 0.893. The van der Waals surface area contributed by atoms with Crippen LogP contribution >= 0.6 is 0 Å². The molecule has 0 amide bonds.